The molecular formula is C31H40N4O7. The number of nitrogens with two attached hydrogens (primary N) is 1. The zero-order valence-electron chi connectivity index (χ0n) is 24.3. The Labute approximate surface area is 246 Å². The van der Waals surface area contributed by atoms with Crippen LogP contribution in [0.4, 0.5) is 5.69 Å². The van der Waals surface area contributed by atoms with E-state index in [-0.39, 0.29) is 25.2 Å². The first kappa shape index (κ1) is 29.7. The van der Waals surface area contributed by atoms with Crippen molar-refractivity contribution in [2.24, 2.45) is 11.7 Å². The van der Waals surface area contributed by atoms with E-state index < -0.39 is 23.8 Å². The van der Waals surface area contributed by atoms with Crippen LogP contribution < -0.4 is 24.8 Å². The van der Waals surface area contributed by atoms with Crippen molar-refractivity contribution in [1.29, 1.82) is 0 Å². The number of para-hydroxylation sites is 1. The molecule has 0 saturated carbocycles. The molecule has 3 heterocycles. The van der Waals surface area contributed by atoms with E-state index in [0.717, 1.165) is 29.7 Å². The van der Waals surface area contributed by atoms with Crippen molar-refractivity contribution in [3.8, 4) is 17.2 Å². The van der Waals surface area contributed by atoms with Gasteiger partial charge in [0.15, 0.2) is 11.5 Å². The maximum absolute atomic E-state index is 13.6. The first-order chi connectivity index (χ1) is 20.4. The molecule has 5 rings (SSSR count). The molecular weight excluding hydrogens is 540 g/mol. The molecule has 0 aliphatic carbocycles. The number of rotatable bonds is 13. The normalized spacial score (nSPS) is 21.1. The van der Waals surface area contributed by atoms with Crippen LogP contribution in [0.3, 0.4) is 0 Å². The second-order valence-electron chi connectivity index (χ2n) is 11.1. The van der Waals surface area contributed by atoms with E-state index in [1.54, 1.807) is 15.9 Å². The summed E-state index contributed by atoms with van der Waals surface area (Å²) < 4.78 is 16.7. The maximum atomic E-state index is 13.6. The smallest absolute Gasteiger partial charge is 0.308 e. The van der Waals surface area contributed by atoms with Gasteiger partial charge in [0.25, 0.3) is 0 Å². The average Bonchev–Trinajstić information content (AvgIpc) is 3.68. The zero-order valence-corrected chi connectivity index (χ0v) is 24.3. The molecule has 11 nitrogen and oxygen atoms in total. The van der Waals surface area contributed by atoms with Gasteiger partial charge in [-0.15, -0.1) is 0 Å². The minimum absolute atomic E-state index is 0.00515. The Hall–Kier alpha value is -3.83. The molecule has 42 heavy (non-hydrogen) atoms. The van der Waals surface area contributed by atoms with Gasteiger partial charge in [-0.05, 0) is 42.2 Å². The van der Waals surface area contributed by atoms with Crippen LogP contribution in [0.15, 0.2) is 36.4 Å². The molecule has 2 aromatic rings. The molecule has 3 aliphatic heterocycles. The summed E-state index contributed by atoms with van der Waals surface area (Å²) in [6.07, 6.45) is 2.54. The molecule has 3 N–H and O–H groups in total. The summed E-state index contributed by atoms with van der Waals surface area (Å²) in [6, 6.07) is 10.8. The lowest BCUT2D eigenvalue weighted by Gasteiger charge is -2.30. The number of methoxy groups -OCH3 is 1. The minimum atomic E-state index is -0.950. The van der Waals surface area contributed by atoms with Gasteiger partial charge in [0.1, 0.15) is 0 Å². The van der Waals surface area contributed by atoms with E-state index in [4.69, 9.17) is 19.9 Å². The standard InChI is InChI=1S/C31H40N4O7/c1-3-4-11-33(13-10-32)28(37)18-34-17-22(21-14-25(40-2)30-26(15-21)41-19-42-30)29(31(38)39)24(34)9-12-35-23-8-6-5-7-20(23)16-27(35)36/h5-8,14-15,22,24,29H,3-4,9-13,16-19,32H2,1-2H3,(H,38,39)/t22-,24+,29-/m1/s1. The van der Waals surface area contributed by atoms with Gasteiger partial charge in [-0.1, -0.05) is 31.5 Å². The molecule has 3 atom stereocenters. The number of hydrogen-bond acceptors (Lipinski definition) is 8. The number of benzene rings is 2. The van der Waals surface area contributed by atoms with Crippen molar-refractivity contribution in [1.82, 2.24) is 9.80 Å². The summed E-state index contributed by atoms with van der Waals surface area (Å²) in [5, 5.41) is 10.6. The fourth-order valence-corrected chi connectivity index (χ4v) is 6.52. The molecule has 0 spiro atoms. The monoisotopic (exact) mass is 580 g/mol. The van der Waals surface area contributed by atoms with Gasteiger partial charge >= 0.3 is 5.97 Å². The Balaban J connectivity index is 1.45. The Morgan fingerprint density at radius 3 is 2.74 bits per heavy atom. The third-order valence-electron chi connectivity index (χ3n) is 8.59. The number of unbranched alkanes of at least 4 members (excludes halogenated alkanes) is 1. The van der Waals surface area contributed by atoms with Crippen LogP contribution in [0.25, 0.3) is 0 Å². The van der Waals surface area contributed by atoms with Crippen LogP contribution in [0.5, 0.6) is 17.2 Å². The SMILES string of the molecule is CCCCN(CCN)C(=O)CN1C[C@H](c2cc(OC)c3c(c2)OCO3)[C@@H](C(=O)O)[C@@H]1CCN1C(=O)Cc2ccccc21. The quantitative estimate of drug-likeness (QED) is 0.366. The van der Waals surface area contributed by atoms with E-state index in [1.165, 1.54) is 7.11 Å². The summed E-state index contributed by atoms with van der Waals surface area (Å²) in [5.74, 6) is -0.818. The number of carboxylic acids is 1. The predicted molar refractivity (Wildman–Crippen MR) is 156 cm³/mol. The summed E-state index contributed by atoms with van der Waals surface area (Å²) >= 11 is 0. The van der Waals surface area contributed by atoms with Crippen LogP contribution in [-0.4, -0.2) is 91.9 Å². The fraction of sp³-hybridized carbons (Fsp3) is 0.516. The molecule has 0 radical (unpaired) electrons. The number of carboxylic acid groups (broad SMARTS) is 1. The highest BCUT2D eigenvalue weighted by atomic mass is 16.7. The van der Waals surface area contributed by atoms with Crippen LogP contribution in [0.1, 0.15) is 43.2 Å². The Kier molecular flexibility index (Phi) is 9.18. The fourth-order valence-electron chi connectivity index (χ4n) is 6.52. The predicted octanol–water partition coefficient (Wildman–Crippen LogP) is 2.46. The minimum Gasteiger partial charge on any atom is -0.493 e. The highest BCUT2D eigenvalue weighted by Gasteiger charge is 2.48. The van der Waals surface area contributed by atoms with Crippen LogP contribution in [0, 0.1) is 5.92 Å². The van der Waals surface area contributed by atoms with E-state index >= 15 is 0 Å². The highest BCUT2D eigenvalue weighted by molar-refractivity contribution is 6.01. The molecule has 0 bridgehead atoms. The number of amides is 2. The molecule has 0 unspecified atom stereocenters. The van der Waals surface area contributed by atoms with Crippen molar-refractivity contribution in [2.75, 3.05) is 58.1 Å². The van der Waals surface area contributed by atoms with Gasteiger partial charge in [0.05, 0.1) is 26.0 Å². The number of aliphatic carboxylic acids is 1. The topological polar surface area (TPSA) is 135 Å². The molecule has 0 aromatic heterocycles. The van der Waals surface area contributed by atoms with Crippen molar-refractivity contribution in [2.45, 2.75) is 44.6 Å². The largest absolute Gasteiger partial charge is 0.493 e. The average molecular weight is 581 g/mol. The van der Waals surface area contributed by atoms with Crippen molar-refractivity contribution in [3.63, 3.8) is 0 Å². The van der Waals surface area contributed by atoms with Crippen LogP contribution in [0.2, 0.25) is 0 Å². The molecule has 3 aliphatic rings. The van der Waals surface area contributed by atoms with Crippen molar-refractivity contribution in [3.05, 3.63) is 47.5 Å². The molecule has 11 heteroatoms. The lowest BCUT2D eigenvalue weighted by atomic mass is 9.84. The zero-order chi connectivity index (χ0) is 29.8. The molecule has 1 fully saturated rings. The number of carbonyl (C=O) groups is 3. The third-order valence-corrected chi connectivity index (χ3v) is 8.59. The summed E-state index contributed by atoms with van der Waals surface area (Å²) in [5.41, 5.74) is 8.39. The van der Waals surface area contributed by atoms with Gasteiger partial charge in [-0.2, -0.15) is 0 Å². The van der Waals surface area contributed by atoms with Crippen LogP contribution >= 0.6 is 0 Å². The van der Waals surface area contributed by atoms with Crippen molar-refractivity contribution >= 4 is 23.5 Å². The van der Waals surface area contributed by atoms with Gasteiger partial charge in [-0.25, -0.2) is 0 Å². The summed E-state index contributed by atoms with van der Waals surface area (Å²) in [4.78, 5) is 44.9. The Morgan fingerprint density at radius 2 is 2.00 bits per heavy atom. The molecule has 1 saturated heterocycles. The van der Waals surface area contributed by atoms with Gasteiger partial charge in [0, 0.05) is 50.4 Å². The van der Waals surface area contributed by atoms with Gasteiger partial charge in [0.2, 0.25) is 24.4 Å². The van der Waals surface area contributed by atoms with E-state index in [2.05, 4.69) is 6.92 Å². The number of fused-ring (bicyclic) bond motifs is 2. The number of anilines is 1. The molecule has 2 amide bonds. The van der Waals surface area contributed by atoms with Gasteiger partial charge < -0.3 is 34.9 Å². The number of likely N-dealkylation sites (tertiary alicyclic amines) is 1. The third kappa shape index (κ3) is 5.89. The van der Waals surface area contributed by atoms with Crippen LogP contribution in [-0.2, 0) is 20.8 Å². The summed E-state index contributed by atoms with van der Waals surface area (Å²) in [7, 11) is 1.53. The lowest BCUT2D eigenvalue weighted by molar-refractivity contribution is -0.143. The maximum Gasteiger partial charge on any atom is 0.308 e. The lowest BCUT2D eigenvalue weighted by Crippen LogP contribution is -2.46. The summed E-state index contributed by atoms with van der Waals surface area (Å²) in [6.45, 7) is 4.32. The van der Waals surface area contributed by atoms with E-state index in [1.807, 2.05) is 35.2 Å². The number of hydrogen-bond donors (Lipinski definition) is 2. The van der Waals surface area contributed by atoms with E-state index in [9.17, 15) is 19.5 Å². The second kappa shape index (κ2) is 13.0. The first-order valence-corrected chi connectivity index (χ1v) is 14.7. The second-order valence-corrected chi connectivity index (χ2v) is 11.1. The molecule has 2 aromatic carbocycles. The number of ether oxygens (including phenoxy) is 3. The Bertz CT molecular complexity index is 1320. The highest BCUT2D eigenvalue weighted by Crippen LogP contribution is 2.47. The van der Waals surface area contributed by atoms with E-state index in [0.29, 0.717) is 62.8 Å². The van der Waals surface area contributed by atoms with Gasteiger partial charge in [-0.3, -0.25) is 19.3 Å². The number of carbonyl (C=O) groups excluding carboxylic acids is 2. The Morgan fingerprint density at radius 1 is 1.19 bits per heavy atom. The molecule has 226 valence electrons. The van der Waals surface area contributed by atoms with Crippen molar-refractivity contribution < 1.29 is 33.7 Å². The first-order valence-electron chi connectivity index (χ1n) is 14.7. The number of nitrogens with zero attached hydrogens (tertiary/aromatic N) is 3.